The molecule has 2 amide bonds. The molecule has 0 saturated carbocycles. The quantitative estimate of drug-likeness (QED) is 0.560. The van der Waals surface area contributed by atoms with Crippen LogP contribution in [0, 0.1) is 0 Å². The third-order valence-electron chi connectivity index (χ3n) is 4.86. The second-order valence-corrected chi connectivity index (χ2v) is 8.56. The van der Waals surface area contributed by atoms with Gasteiger partial charge in [0.2, 0.25) is 5.91 Å². The van der Waals surface area contributed by atoms with Crippen LogP contribution in [-0.2, 0) is 9.53 Å². The average molecular weight is 456 g/mol. The summed E-state index contributed by atoms with van der Waals surface area (Å²) < 4.78 is 5.49. The number of morpholine rings is 1. The summed E-state index contributed by atoms with van der Waals surface area (Å²) in [6.07, 6.45) is 0. The number of halogens is 1. The molecule has 1 aliphatic rings. The van der Waals surface area contributed by atoms with E-state index in [4.69, 9.17) is 16.3 Å². The predicted octanol–water partition coefficient (Wildman–Crippen LogP) is 5.12. The Morgan fingerprint density at radius 1 is 1.03 bits per heavy atom. The fourth-order valence-electron chi connectivity index (χ4n) is 3.40. The van der Waals surface area contributed by atoms with Crippen molar-refractivity contribution in [1.29, 1.82) is 0 Å². The molecule has 160 valence electrons. The van der Waals surface area contributed by atoms with Gasteiger partial charge in [-0.2, -0.15) is 0 Å². The monoisotopic (exact) mass is 455 g/mol. The van der Waals surface area contributed by atoms with Crippen molar-refractivity contribution in [2.24, 2.45) is 0 Å². The maximum absolute atomic E-state index is 13.0. The van der Waals surface area contributed by atoms with Crippen molar-refractivity contribution >= 4 is 51.1 Å². The van der Waals surface area contributed by atoms with E-state index >= 15 is 0 Å². The fourth-order valence-corrected chi connectivity index (χ4v) is 4.75. The minimum Gasteiger partial charge on any atom is -0.378 e. The maximum Gasteiger partial charge on any atom is 0.265 e. The highest BCUT2D eigenvalue weighted by molar-refractivity contribution is 7.18. The van der Waals surface area contributed by atoms with E-state index in [1.165, 1.54) is 18.3 Å². The van der Waals surface area contributed by atoms with Crippen molar-refractivity contribution in [3.05, 3.63) is 64.5 Å². The lowest BCUT2D eigenvalue weighted by Crippen LogP contribution is -2.35. The van der Waals surface area contributed by atoms with E-state index in [2.05, 4.69) is 15.5 Å². The second-order valence-electron chi connectivity index (χ2n) is 7.12. The number of hydrogen-bond acceptors (Lipinski definition) is 5. The molecule has 1 aromatic heterocycles. The molecule has 1 saturated heterocycles. The van der Waals surface area contributed by atoms with Crippen molar-refractivity contribution in [2.45, 2.75) is 6.92 Å². The number of nitrogens with one attached hydrogen (secondary N) is 2. The molecule has 8 heteroatoms. The molecular weight excluding hydrogens is 434 g/mol. The summed E-state index contributed by atoms with van der Waals surface area (Å²) in [6.45, 7) is 4.35. The molecule has 2 aromatic carbocycles. The number of hydrogen-bond donors (Lipinski definition) is 2. The second kappa shape index (κ2) is 9.51. The van der Waals surface area contributed by atoms with Gasteiger partial charge in [-0.3, -0.25) is 9.59 Å². The van der Waals surface area contributed by atoms with Crippen molar-refractivity contribution in [3.63, 3.8) is 0 Å². The summed E-state index contributed by atoms with van der Waals surface area (Å²) in [7, 11) is 0. The minimum atomic E-state index is -0.207. The first kappa shape index (κ1) is 21.4. The summed E-state index contributed by atoms with van der Waals surface area (Å²) >= 11 is 7.70. The molecule has 0 spiro atoms. The highest BCUT2D eigenvalue weighted by Gasteiger charge is 2.22. The van der Waals surface area contributed by atoms with Gasteiger partial charge in [0, 0.05) is 31.3 Å². The fraction of sp³-hybridized carbons (Fsp3) is 0.217. The first-order valence-corrected chi connectivity index (χ1v) is 11.1. The number of benzene rings is 2. The van der Waals surface area contributed by atoms with E-state index in [0.29, 0.717) is 34.5 Å². The van der Waals surface area contributed by atoms with Gasteiger partial charge in [0.1, 0.15) is 0 Å². The van der Waals surface area contributed by atoms with Crippen molar-refractivity contribution in [1.82, 2.24) is 0 Å². The summed E-state index contributed by atoms with van der Waals surface area (Å²) in [6, 6.07) is 17.0. The zero-order valence-corrected chi connectivity index (χ0v) is 18.6. The van der Waals surface area contributed by atoms with Crippen LogP contribution in [0.1, 0.15) is 16.6 Å². The van der Waals surface area contributed by atoms with Gasteiger partial charge < -0.3 is 20.3 Å². The normalized spacial score (nSPS) is 13.7. The van der Waals surface area contributed by atoms with Crippen LogP contribution < -0.4 is 15.5 Å². The third-order valence-corrected chi connectivity index (χ3v) is 6.36. The molecule has 1 fully saturated rings. The minimum absolute atomic E-state index is 0.204. The largest absolute Gasteiger partial charge is 0.378 e. The van der Waals surface area contributed by atoms with E-state index in [1.807, 2.05) is 36.4 Å². The summed E-state index contributed by atoms with van der Waals surface area (Å²) in [5.74, 6) is -0.411. The van der Waals surface area contributed by atoms with Gasteiger partial charge >= 0.3 is 0 Å². The first-order chi connectivity index (χ1) is 15.0. The highest BCUT2D eigenvalue weighted by Crippen LogP contribution is 2.39. The standard InChI is InChI=1S/C23H22ClN3O3S/c1-15(28)25-20-8-7-17(13-19(20)24)26-22(29)21-14-18(16-5-3-2-4-6-16)23(31-21)27-9-11-30-12-10-27/h2-8,13-14H,9-12H2,1H3,(H,25,28)(H,26,29). The molecule has 0 unspecified atom stereocenters. The van der Waals surface area contributed by atoms with Gasteiger partial charge in [-0.1, -0.05) is 41.9 Å². The van der Waals surface area contributed by atoms with Crippen LogP contribution in [0.25, 0.3) is 11.1 Å². The van der Waals surface area contributed by atoms with Gasteiger partial charge in [-0.25, -0.2) is 0 Å². The van der Waals surface area contributed by atoms with Crippen LogP contribution in [0.15, 0.2) is 54.6 Å². The van der Waals surface area contributed by atoms with Crippen molar-refractivity contribution in [2.75, 3.05) is 41.8 Å². The smallest absolute Gasteiger partial charge is 0.265 e. The van der Waals surface area contributed by atoms with E-state index in [1.54, 1.807) is 18.2 Å². The number of thiophene rings is 1. The summed E-state index contributed by atoms with van der Waals surface area (Å²) in [4.78, 5) is 27.1. The zero-order chi connectivity index (χ0) is 21.8. The SMILES string of the molecule is CC(=O)Nc1ccc(NC(=O)c2cc(-c3ccccc3)c(N3CCOCC3)s2)cc1Cl. The Kier molecular flexibility index (Phi) is 6.56. The Balaban J connectivity index is 1.60. The van der Waals surface area contributed by atoms with Crippen LogP contribution >= 0.6 is 22.9 Å². The molecule has 3 aromatic rings. The molecular formula is C23H22ClN3O3S. The van der Waals surface area contributed by atoms with Crippen LogP contribution in [0.4, 0.5) is 16.4 Å². The van der Waals surface area contributed by atoms with Gasteiger partial charge in [0.05, 0.1) is 33.8 Å². The molecule has 2 heterocycles. The number of carbonyl (C=O) groups is 2. The summed E-state index contributed by atoms with van der Waals surface area (Å²) in [5, 5.41) is 6.99. The lowest BCUT2D eigenvalue weighted by atomic mass is 10.1. The molecule has 1 aliphatic heterocycles. The van der Waals surface area contributed by atoms with Crippen molar-refractivity contribution in [3.8, 4) is 11.1 Å². The molecule has 0 radical (unpaired) electrons. The molecule has 0 atom stereocenters. The third kappa shape index (κ3) is 5.07. The lowest BCUT2D eigenvalue weighted by Gasteiger charge is -2.28. The molecule has 0 aliphatic carbocycles. The number of anilines is 3. The number of carbonyl (C=O) groups excluding carboxylic acids is 2. The Bertz CT molecular complexity index is 1090. The topological polar surface area (TPSA) is 70.7 Å². The Morgan fingerprint density at radius 3 is 2.45 bits per heavy atom. The van der Waals surface area contributed by atoms with E-state index in [9.17, 15) is 9.59 Å². The molecule has 2 N–H and O–H groups in total. The maximum atomic E-state index is 13.0. The van der Waals surface area contributed by atoms with Crippen LogP contribution in [0.3, 0.4) is 0 Å². The number of ether oxygens (including phenoxy) is 1. The Labute approximate surface area is 189 Å². The summed E-state index contributed by atoms with van der Waals surface area (Å²) in [5.41, 5.74) is 3.18. The van der Waals surface area contributed by atoms with Crippen LogP contribution in [-0.4, -0.2) is 38.1 Å². The molecule has 6 nitrogen and oxygen atoms in total. The van der Waals surface area contributed by atoms with E-state index in [0.717, 1.165) is 29.2 Å². The zero-order valence-electron chi connectivity index (χ0n) is 17.0. The van der Waals surface area contributed by atoms with Gasteiger partial charge in [-0.15, -0.1) is 11.3 Å². The predicted molar refractivity (Wildman–Crippen MR) is 126 cm³/mol. The van der Waals surface area contributed by atoms with E-state index < -0.39 is 0 Å². The number of amides is 2. The van der Waals surface area contributed by atoms with E-state index in [-0.39, 0.29) is 11.8 Å². The van der Waals surface area contributed by atoms with Gasteiger partial charge in [0.25, 0.3) is 5.91 Å². The highest BCUT2D eigenvalue weighted by atomic mass is 35.5. The van der Waals surface area contributed by atoms with Crippen LogP contribution in [0.2, 0.25) is 5.02 Å². The molecule has 4 rings (SSSR count). The van der Waals surface area contributed by atoms with Gasteiger partial charge in [-0.05, 0) is 29.8 Å². The first-order valence-electron chi connectivity index (χ1n) is 9.91. The van der Waals surface area contributed by atoms with Gasteiger partial charge in [0.15, 0.2) is 0 Å². The Hall–Kier alpha value is -2.87. The molecule has 0 bridgehead atoms. The average Bonchev–Trinajstić information content (AvgIpc) is 3.22. The number of rotatable bonds is 5. The van der Waals surface area contributed by atoms with Crippen LogP contribution in [0.5, 0.6) is 0 Å². The number of nitrogens with zero attached hydrogens (tertiary/aromatic N) is 1. The van der Waals surface area contributed by atoms with Crippen molar-refractivity contribution < 1.29 is 14.3 Å². The Morgan fingerprint density at radius 2 is 1.77 bits per heavy atom. The molecule has 31 heavy (non-hydrogen) atoms. The lowest BCUT2D eigenvalue weighted by molar-refractivity contribution is -0.114.